The highest BCUT2D eigenvalue weighted by Gasteiger charge is 2.59. The number of halogens is 1. The zero-order chi connectivity index (χ0) is 19.8. The molecule has 3 nitrogen and oxygen atoms in total. The van der Waals surface area contributed by atoms with E-state index in [4.69, 9.17) is 16.3 Å². The molecule has 0 aromatic heterocycles. The first-order valence-corrected chi connectivity index (χ1v) is 11.7. The molecule has 3 fully saturated rings. The first-order chi connectivity index (χ1) is 12.7. The van der Waals surface area contributed by atoms with Gasteiger partial charge in [-0.3, -0.25) is 4.79 Å². The molecule has 0 bridgehead atoms. The zero-order valence-corrected chi connectivity index (χ0v) is 18.4. The molecule has 0 aromatic rings. The summed E-state index contributed by atoms with van der Waals surface area (Å²) >= 11 is 5.66. The second-order valence-corrected chi connectivity index (χ2v) is 10.8. The lowest BCUT2D eigenvalue weighted by Crippen LogP contribution is -2.56. The van der Waals surface area contributed by atoms with Crippen molar-refractivity contribution >= 4 is 17.6 Å². The summed E-state index contributed by atoms with van der Waals surface area (Å²) in [4.78, 5) is 13.1. The minimum atomic E-state index is -0.767. The average Bonchev–Trinajstić information content (AvgIpc) is 2.65. The highest BCUT2D eigenvalue weighted by molar-refractivity contribution is 6.18. The molecule has 3 saturated carbocycles. The number of aliphatic hydroxyl groups excluding tert-OH is 1. The minimum Gasteiger partial charge on any atom is -0.462 e. The van der Waals surface area contributed by atoms with Crippen LogP contribution < -0.4 is 0 Å². The number of esters is 1. The van der Waals surface area contributed by atoms with Gasteiger partial charge in [-0.1, -0.05) is 27.2 Å². The fraction of sp³-hybridized carbons (Fsp3) is 0.957. The fourth-order valence-corrected chi connectivity index (χ4v) is 7.19. The van der Waals surface area contributed by atoms with E-state index in [-0.39, 0.29) is 23.9 Å². The van der Waals surface area contributed by atoms with Crippen LogP contribution in [0.1, 0.15) is 79.1 Å². The minimum absolute atomic E-state index is 0.0173. The molecular formula is C23H39ClO3. The van der Waals surface area contributed by atoms with Gasteiger partial charge in [-0.05, 0) is 86.9 Å². The number of ether oxygens (including phenoxy) is 1. The molecule has 0 spiro atoms. The van der Waals surface area contributed by atoms with Crippen LogP contribution in [0.4, 0.5) is 0 Å². The summed E-state index contributed by atoms with van der Waals surface area (Å²) in [6.45, 7) is 9.37. The van der Waals surface area contributed by atoms with Crippen molar-refractivity contribution in [2.75, 3.05) is 12.5 Å². The van der Waals surface area contributed by atoms with Gasteiger partial charge in [0.05, 0.1) is 11.3 Å². The second kappa shape index (κ2) is 8.22. The van der Waals surface area contributed by atoms with E-state index >= 15 is 0 Å². The highest BCUT2D eigenvalue weighted by Crippen LogP contribution is 2.64. The van der Waals surface area contributed by atoms with Gasteiger partial charge in [-0.25, -0.2) is 0 Å². The largest absolute Gasteiger partial charge is 0.462 e. The van der Waals surface area contributed by atoms with E-state index in [1.807, 2.05) is 0 Å². The number of rotatable bonds is 5. The molecule has 7 atom stereocenters. The molecular weight excluding hydrogens is 360 g/mol. The normalized spacial score (nSPS) is 42.9. The summed E-state index contributed by atoms with van der Waals surface area (Å²) in [6, 6.07) is 0. The maximum atomic E-state index is 13.1. The van der Waals surface area contributed by atoms with E-state index in [1.54, 1.807) is 0 Å². The molecule has 0 amide bonds. The quantitative estimate of drug-likeness (QED) is 0.496. The Morgan fingerprint density at radius 2 is 1.93 bits per heavy atom. The summed E-state index contributed by atoms with van der Waals surface area (Å²) in [7, 11) is 0. The van der Waals surface area contributed by atoms with Crippen molar-refractivity contribution in [3.63, 3.8) is 0 Å². The van der Waals surface area contributed by atoms with Crippen molar-refractivity contribution in [3.05, 3.63) is 0 Å². The maximum Gasteiger partial charge on any atom is 0.312 e. The van der Waals surface area contributed by atoms with Crippen molar-refractivity contribution in [1.29, 1.82) is 0 Å². The van der Waals surface area contributed by atoms with Crippen molar-refractivity contribution < 1.29 is 14.6 Å². The second-order valence-electron chi connectivity index (χ2n) is 10.5. The van der Waals surface area contributed by atoms with Crippen LogP contribution in [0.2, 0.25) is 0 Å². The van der Waals surface area contributed by atoms with Gasteiger partial charge >= 0.3 is 5.97 Å². The van der Waals surface area contributed by atoms with Crippen LogP contribution in [0.3, 0.4) is 0 Å². The Kier molecular flexibility index (Phi) is 6.53. The molecule has 4 heteroatoms. The van der Waals surface area contributed by atoms with Crippen LogP contribution in [0, 0.1) is 40.4 Å². The van der Waals surface area contributed by atoms with Gasteiger partial charge in [-0.2, -0.15) is 0 Å². The number of alkyl halides is 1. The monoisotopic (exact) mass is 398 g/mol. The topological polar surface area (TPSA) is 46.5 Å². The number of carbonyl (C=O) groups is 1. The predicted octanol–water partition coefficient (Wildman–Crippen LogP) is 5.42. The first kappa shape index (κ1) is 21.4. The van der Waals surface area contributed by atoms with Gasteiger partial charge in [0, 0.05) is 0 Å². The molecule has 3 aliphatic carbocycles. The van der Waals surface area contributed by atoms with Crippen LogP contribution >= 0.6 is 11.6 Å². The number of aliphatic hydroxyl groups is 1. The Morgan fingerprint density at radius 1 is 1.19 bits per heavy atom. The predicted molar refractivity (Wildman–Crippen MR) is 110 cm³/mol. The molecule has 27 heavy (non-hydrogen) atoms. The highest BCUT2D eigenvalue weighted by atomic mass is 35.5. The van der Waals surface area contributed by atoms with Gasteiger partial charge in [-0.15, -0.1) is 11.6 Å². The van der Waals surface area contributed by atoms with E-state index in [9.17, 15) is 9.90 Å². The molecule has 3 unspecified atom stereocenters. The van der Waals surface area contributed by atoms with Crippen LogP contribution in [-0.4, -0.2) is 29.7 Å². The smallest absolute Gasteiger partial charge is 0.312 e. The number of hydrogen-bond acceptors (Lipinski definition) is 3. The summed E-state index contributed by atoms with van der Waals surface area (Å²) in [5.74, 6) is 3.65. The average molecular weight is 399 g/mol. The summed E-state index contributed by atoms with van der Waals surface area (Å²) in [5, 5.41) is 9.69. The lowest BCUT2D eigenvalue weighted by molar-refractivity contribution is -0.181. The Bertz CT molecular complexity index is 536. The SMILES string of the molecule is CC(C)C1CC[C@H]2C(CC[C@@H]3[C@]2(C)CCC[C@@]3(C)C(=O)OCC(O)CCl)C1. The fourth-order valence-electron chi connectivity index (χ4n) is 7.10. The summed E-state index contributed by atoms with van der Waals surface area (Å²) in [5.41, 5.74) is -0.166. The Labute approximate surface area is 170 Å². The molecule has 0 radical (unpaired) electrons. The third-order valence-corrected chi connectivity index (χ3v) is 9.02. The van der Waals surface area contributed by atoms with Crippen molar-refractivity contribution in [2.45, 2.75) is 85.2 Å². The molecule has 0 aromatic carbocycles. The Hall–Kier alpha value is -0.280. The Balaban J connectivity index is 1.76. The van der Waals surface area contributed by atoms with Gasteiger partial charge in [0.1, 0.15) is 12.7 Å². The number of fused-ring (bicyclic) bond motifs is 3. The van der Waals surface area contributed by atoms with Crippen LogP contribution in [0.15, 0.2) is 0 Å². The van der Waals surface area contributed by atoms with Gasteiger partial charge < -0.3 is 9.84 Å². The molecule has 3 rings (SSSR count). The van der Waals surface area contributed by atoms with Crippen LogP contribution in [0.5, 0.6) is 0 Å². The van der Waals surface area contributed by atoms with Crippen molar-refractivity contribution in [2.24, 2.45) is 40.4 Å². The standard InChI is InChI=1S/C23H39ClO3/c1-15(2)16-6-8-19-17(12-16)7-9-20-22(19,3)10-5-11-23(20,4)21(26)27-14-18(25)13-24/h15-20,25H,5-14H2,1-4H3/t16?,17?,18?,19-,20+,22+,23+/m0/s1. The van der Waals surface area contributed by atoms with E-state index < -0.39 is 11.5 Å². The molecule has 156 valence electrons. The third kappa shape index (κ3) is 3.92. The van der Waals surface area contributed by atoms with Crippen LogP contribution in [-0.2, 0) is 9.53 Å². The van der Waals surface area contributed by atoms with Crippen LogP contribution in [0.25, 0.3) is 0 Å². The lowest BCUT2D eigenvalue weighted by Gasteiger charge is -2.61. The third-order valence-electron chi connectivity index (χ3n) is 8.67. The van der Waals surface area contributed by atoms with Crippen molar-refractivity contribution in [1.82, 2.24) is 0 Å². The van der Waals surface area contributed by atoms with Gasteiger partial charge in [0.15, 0.2) is 0 Å². The molecule has 1 N–H and O–H groups in total. The Morgan fingerprint density at radius 3 is 2.59 bits per heavy atom. The summed E-state index contributed by atoms with van der Waals surface area (Å²) < 4.78 is 5.54. The van der Waals surface area contributed by atoms with E-state index in [0.29, 0.717) is 5.92 Å². The van der Waals surface area contributed by atoms with Gasteiger partial charge in [0.2, 0.25) is 0 Å². The number of hydrogen-bond donors (Lipinski definition) is 1. The zero-order valence-electron chi connectivity index (χ0n) is 17.7. The van der Waals surface area contributed by atoms with Gasteiger partial charge in [0.25, 0.3) is 0 Å². The molecule has 0 heterocycles. The van der Waals surface area contributed by atoms with Crippen molar-refractivity contribution in [3.8, 4) is 0 Å². The first-order valence-electron chi connectivity index (χ1n) is 11.1. The maximum absolute atomic E-state index is 13.1. The number of carbonyl (C=O) groups excluding carboxylic acids is 1. The van der Waals surface area contributed by atoms with E-state index in [1.165, 1.54) is 32.1 Å². The molecule has 0 aliphatic heterocycles. The molecule has 0 saturated heterocycles. The van der Waals surface area contributed by atoms with E-state index in [0.717, 1.165) is 42.9 Å². The summed E-state index contributed by atoms with van der Waals surface area (Å²) in [6.07, 6.45) is 8.97. The molecule has 3 aliphatic rings. The van der Waals surface area contributed by atoms with E-state index in [2.05, 4.69) is 27.7 Å². The lowest BCUT2D eigenvalue weighted by atomic mass is 9.43.